The summed E-state index contributed by atoms with van der Waals surface area (Å²) in [6.45, 7) is 3.58. The van der Waals surface area contributed by atoms with Crippen molar-refractivity contribution in [1.29, 1.82) is 0 Å². The molecule has 2 N–H and O–H groups in total. The van der Waals surface area contributed by atoms with E-state index >= 15 is 0 Å². The standard InChI is InChI=1S/C14H10BrN3O5S/c1-2-3-17-13(21)9(12(20)16-14(17)24)5-7-4-8(18(22)23)6-10(15)11(7)19/h2,4-6,19H,1,3H2,(H,16,20,24)/b9-5+. The summed E-state index contributed by atoms with van der Waals surface area (Å²) >= 11 is 7.91. The highest BCUT2D eigenvalue weighted by Crippen LogP contribution is 2.34. The molecule has 1 aromatic rings. The molecule has 1 heterocycles. The van der Waals surface area contributed by atoms with Crippen LogP contribution in [0.1, 0.15) is 5.56 Å². The molecule has 2 amide bonds. The van der Waals surface area contributed by atoms with Crippen LogP contribution in [-0.4, -0.2) is 38.4 Å². The predicted octanol–water partition coefficient (Wildman–Crippen LogP) is 1.88. The largest absolute Gasteiger partial charge is 0.506 e. The molecule has 0 bridgehead atoms. The number of halogens is 1. The fraction of sp³-hybridized carbons (Fsp3) is 0.0714. The van der Waals surface area contributed by atoms with Gasteiger partial charge in [-0.05, 0) is 34.2 Å². The zero-order valence-electron chi connectivity index (χ0n) is 12.0. The Labute approximate surface area is 149 Å². The number of amides is 2. The first-order chi connectivity index (χ1) is 11.3. The number of non-ortho nitro benzene ring substituents is 1. The summed E-state index contributed by atoms with van der Waals surface area (Å²) in [4.78, 5) is 35.8. The SMILES string of the molecule is C=CCN1C(=O)/C(=C/c2cc([N+](=O)[O-])cc(Br)c2O)C(=O)NC1=S. The number of aromatic hydroxyl groups is 1. The maximum Gasteiger partial charge on any atom is 0.271 e. The van der Waals surface area contributed by atoms with Gasteiger partial charge in [-0.1, -0.05) is 6.08 Å². The Morgan fingerprint density at radius 1 is 1.46 bits per heavy atom. The maximum atomic E-state index is 12.4. The third kappa shape index (κ3) is 3.34. The van der Waals surface area contributed by atoms with Crippen molar-refractivity contribution in [2.45, 2.75) is 0 Å². The molecule has 1 saturated heterocycles. The monoisotopic (exact) mass is 411 g/mol. The van der Waals surface area contributed by atoms with Crippen LogP contribution < -0.4 is 5.32 Å². The summed E-state index contributed by atoms with van der Waals surface area (Å²) in [5.74, 6) is -1.78. The smallest absolute Gasteiger partial charge is 0.271 e. The lowest BCUT2D eigenvalue weighted by Gasteiger charge is -2.27. The second kappa shape index (κ2) is 6.89. The highest BCUT2D eigenvalue weighted by atomic mass is 79.9. The van der Waals surface area contributed by atoms with Gasteiger partial charge in [0, 0.05) is 24.2 Å². The number of benzene rings is 1. The average Bonchev–Trinajstić information content (AvgIpc) is 2.51. The summed E-state index contributed by atoms with van der Waals surface area (Å²) in [6, 6.07) is 2.16. The first-order valence-electron chi connectivity index (χ1n) is 6.43. The van der Waals surface area contributed by atoms with E-state index in [9.17, 15) is 24.8 Å². The fourth-order valence-corrected chi connectivity index (χ4v) is 2.68. The van der Waals surface area contributed by atoms with E-state index in [2.05, 4.69) is 27.8 Å². The number of nitrogens with one attached hydrogen (secondary N) is 1. The van der Waals surface area contributed by atoms with Crippen molar-refractivity contribution >= 4 is 56.8 Å². The van der Waals surface area contributed by atoms with Crippen molar-refractivity contribution in [3.63, 3.8) is 0 Å². The second-order valence-corrected chi connectivity index (χ2v) is 5.89. The molecule has 24 heavy (non-hydrogen) atoms. The third-order valence-electron chi connectivity index (χ3n) is 3.09. The zero-order chi connectivity index (χ0) is 18.0. The molecule has 1 fully saturated rings. The van der Waals surface area contributed by atoms with E-state index in [1.165, 1.54) is 6.08 Å². The van der Waals surface area contributed by atoms with Gasteiger partial charge in [0.25, 0.3) is 17.5 Å². The third-order valence-corrected chi connectivity index (χ3v) is 4.01. The summed E-state index contributed by atoms with van der Waals surface area (Å²) in [5.41, 5.74) is -0.678. The van der Waals surface area contributed by atoms with Crippen LogP contribution in [0.4, 0.5) is 5.69 Å². The van der Waals surface area contributed by atoms with E-state index in [1.54, 1.807) is 0 Å². The van der Waals surface area contributed by atoms with Gasteiger partial charge in [0.1, 0.15) is 11.3 Å². The summed E-state index contributed by atoms with van der Waals surface area (Å²) < 4.78 is 0.0608. The molecule has 1 aliphatic rings. The van der Waals surface area contributed by atoms with Crippen LogP contribution in [0.15, 0.2) is 34.8 Å². The molecule has 2 rings (SSSR count). The Kier molecular flexibility index (Phi) is 5.10. The lowest BCUT2D eigenvalue weighted by atomic mass is 10.1. The number of carbonyl (C=O) groups excluding carboxylic acids is 2. The van der Waals surface area contributed by atoms with Gasteiger partial charge in [0.2, 0.25) is 0 Å². The van der Waals surface area contributed by atoms with Crippen LogP contribution in [0.5, 0.6) is 5.75 Å². The highest BCUT2D eigenvalue weighted by Gasteiger charge is 2.33. The van der Waals surface area contributed by atoms with Gasteiger partial charge in [0.05, 0.1) is 9.40 Å². The second-order valence-electron chi connectivity index (χ2n) is 4.64. The van der Waals surface area contributed by atoms with Crippen LogP contribution in [-0.2, 0) is 9.59 Å². The lowest BCUT2D eigenvalue weighted by molar-refractivity contribution is -0.385. The molecule has 0 radical (unpaired) electrons. The van der Waals surface area contributed by atoms with E-state index in [0.29, 0.717) is 0 Å². The number of rotatable bonds is 4. The Bertz CT molecular complexity index is 821. The first-order valence-corrected chi connectivity index (χ1v) is 7.63. The van der Waals surface area contributed by atoms with Gasteiger partial charge in [-0.3, -0.25) is 29.9 Å². The molecule has 0 atom stereocenters. The van der Waals surface area contributed by atoms with Crippen LogP contribution in [0.3, 0.4) is 0 Å². The molecule has 0 spiro atoms. The van der Waals surface area contributed by atoms with Gasteiger partial charge in [0.15, 0.2) is 5.11 Å². The van der Waals surface area contributed by atoms with Crippen molar-refractivity contribution in [3.05, 3.63) is 50.5 Å². The van der Waals surface area contributed by atoms with Gasteiger partial charge in [-0.25, -0.2) is 0 Å². The average molecular weight is 412 g/mol. The predicted molar refractivity (Wildman–Crippen MR) is 93.1 cm³/mol. The Hall–Kier alpha value is -2.59. The van der Waals surface area contributed by atoms with Crippen LogP contribution in [0.25, 0.3) is 6.08 Å². The number of hydrogen-bond donors (Lipinski definition) is 2. The van der Waals surface area contributed by atoms with Crippen LogP contribution in [0, 0.1) is 10.1 Å². The summed E-state index contributed by atoms with van der Waals surface area (Å²) in [7, 11) is 0. The molecule has 0 unspecified atom stereocenters. The molecular formula is C14H10BrN3O5S. The van der Waals surface area contributed by atoms with Gasteiger partial charge >= 0.3 is 0 Å². The number of nitrogens with zero attached hydrogens (tertiary/aromatic N) is 2. The van der Waals surface area contributed by atoms with E-state index < -0.39 is 16.7 Å². The highest BCUT2D eigenvalue weighted by molar-refractivity contribution is 9.10. The number of nitro benzene ring substituents is 1. The quantitative estimate of drug-likeness (QED) is 0.195. The van der Waals surface area contributed by atoms with Gasteiger partial charge in [-0.2, -0.15) is 0 Å². The number of thiocarbonyl (C=S) groups is 1. The van der Waals surface area contributed by atoms with Crippen molar-refractivity contribution < 1.29 is 19.6 Å². The minimum atomic E-state index is -0.757. The van der Waals surface area contributed by atoms with Gasteiger partial charge in [-0.15, -0.1) is 6.58 Å². The van der Waals surface area contributed by atoms with Gasteiger partial charge < -0.3 is 5.11 Å². The number of hydrogen-bond acceptors (Lipinski definition) is 6. The number of carbonyl (C=O) groups is 2. The fourth-order valence-electron chi connectivity index (χ4n) is 1.97. The zero-order valence-corrected chi connectivity index (χ0v) is 14.4. The maximum absolute atomic E-state index is 12.4. The van der Waals surface area contributed by atoms with Crippen LogP contribution in [0.2, 0.25) is 0 Å². The normalized spacial score (nSPS) is 16.3. The van der Waals surface area contributed by atoms with E-state index in [0.717, 1.165) is 23.1 Å². The topological polar surface area (TPSA) is 113 Å². The number of nitro groups is 1. The Morgan fingerprint density at radius 2 is 2.12 bits per heavy atom. The molecule has 1 aliphatic heterocycles. The first kappa shape index (κ1) is 17.8. The Morgan fingerprint density at radius 3 is 2.71 bits per heavy atom. The molecule has 8 nitrogen and oxygen atoms in total. The van der Waals surface area contributed by atoms with E-state index in [-0.39, 0.29) is 38.7 Å². The minimum Gasteiger partial charge on any atom is -0.506 e. The van der Waals surface area contributed by atoms with Crippen molar-refractivity contribution in [3.8, 4) is 5.75 Å². The van der Waals surface area contributed by atoms with Crippen molar-refractivity contribution in [1.82, 2.24) is 10.2 Å². The lowest BCUT2D eigenvalue weighted by Crippen LogP contribution is -2.53. The van der Waals surface area contributed by atoms with Crippen LogP contribution >= 0.6 is 28.1 Å². The van der Waals surface area contributed by atoms with E-state index in [4.69, 9.17) is 12.2 Å². The van der Waals surface area contributed by atoms with E-state index in [1.807, 2.05) is 0 Å². The molecule has 10 heteroatoms. The Balaban J connectivity index is 2.55. The van der Waals surface area contributed by atoms with Crippen molar-refractivity contribution in [2.75, 3.05) is 6.54 Å². The van der Waals surface area contributed by atoms with Crippen molar-refractivity contribution in [2.24, 2.45) is 0 Å². The molecule has 0 aromatic heterocycles. The number of phenols is 1. The summed E-state index contributed by atoms with van der Waals surface area (Å²) in [5, 5.41) is 23.2. The molecule has 124 valence electrons. The molecule has 0 aliphatic carbocycles. The molecule has 1 aromatic carbocycles. The number of phenolic OH excluding ortho intramolecular Hbond substituents is 1. The molecule has 0 saturated carbocycles. The molecular weight excluding hydrogens is 402 g/mol. The summed E-state index contributed by atoms with van der Waals surface area (Å²) in [6.07, 6.45) is 2.50. The minimum absolute atomic E-state index is 0.0547.